The second kappa shape index (κ2) is 5.74. The van der Waals surface area contributed by atoms with Crippen molar-refractivity contribution in [3.63, 3.8) is 0 Å². The Hall–Kier alpha value is -0.700. The van der Waals surface area contributed by atoms with Gasteiger partial charge >= 0.3 is 0 Å². The van der Waals surface area contributed by atoms with E-state index in [9.17, 15) is 8.42 Å². The average molecular weight is 350 g/mol. The van der Waals surface area contributed by atoms with E-state index in [1.807, 2.05) is 0 Å². The van der Waals surface area contributed by atoms with E-state index in [0.29, 0.717) is 4.47 Å². The van der Waals surface area contributed by atoms with Crippen LogP contribution in [0.2, 0.25) is 0 Å². The number of hydrogen-bond acceptors (Lipinski definition) is 5. The number of pyridine rings is 1. The molecule has 0 bridgehead atoms. The van der Waals surface area contributed by atoms with Gasteiger partial charge in [0.15, 0.2) is 0 Å². The molecular formula is C11H16BrN3O3S. The number of aromatic nitrogens is 1. The van der Waals surface area contributed by atoms with Crippen molar-refractivity contribution in [3.05, 3.63) is 16.7 Å². The number of nitrogens with two attached hydrogens (primary N) is 1. The first-order chi connectivity index (χ1) is 8.94. The van der Waals surface area contributed by atoms with Crippen molar-refractivity contribution >= 4 is 31.8 Å². The molecule has 1 aromatic heterocycles. The number of ether oxygens (including phenoxy) is 1. The Morgan fingerprint density at radius 1 is 1.53 bits per heavy atom. The minimum absolute atomic E-state index is 0.0105. The molecule has 1 aliphatic carbocycles. The molecule has 8 heteroatoms. The minimum atomic E-state index is -3.69. The van der Waals surface area contributed by atoms with Gasteiger partial charge < -0.3 is 10.5 Å². The molecule has 3 N–H and O–H groups in total. The van der Waals surface area contributed by atoms with Crippen LogP contribution in [0.5, 0.6) is 0 Å². The van der Waals surface area contributed by atoms with Crippen LogP contribution in [-0.4, -0.2) is 32.7 Å². The highest BCUT2D eigenvalue weighted by Crippen LogP contribution is 2.25. The predicted octanol–water partition coefficient (Wildman–Crippen LogP) is 1.27. The van der Waals surface area contributed by atoms with Gasteiger partial charge in [0.25, 0.3) is 0 Å². The average Bonchev–Trinajstić information content (AvgIpc) is 2.78. The van der Waals surface area contributed by atoms with Crippen LogP contribution in [-0.2, 0) is 14.8 Å². The van der Waals surface area contributed by atoms with E-state index in [0.717, 1.165) is 19.3 Å². The van der Waals surface area contributed by atoms with Crippen LogP contribution in [0.3, 0.4) is 0 Å². The van der Waals surface area contributed by atoms with Gasteiger partial charge in [-0.2, -0.15) is 0 Å². The maximum atomic E-state index is 12.3. The maximum Gasteiger partial charge on any atom is 0.244 e. The Balaban J connectivity index is 2.25. The summed E-state index contributed by atoms with van der Waals surface area (Å²) < 4.78 is 33.1. The van der Waals surface area contributed by atoms with Gasteiger partial charge in [0.1, 0.15) is 10.7 Å². The molecule has 1 heterocycles. The van der Waals surface area contributed by atoms with E-state index >= 15 is 0 Å². The molecule has 1 aliphatic rings. The summed E-state index contributed by atoms with van der Waals surface area (Å²) in [6.07, 6.45) is 3.94. The smallest absolute Gasteiger partial charge is 0.244 e. The molecule has 2 atom stereocenters. The second-order valence-electron chi connectivity index (χ2n) is 4.47. The fourth-order valence-corrected chi connectivity index (χ4v) is 4.14. The number of nitrogen functional groups attached to an aromatic ring is 1. The highest BCUT2D eigenvalue weighted by molar-refractivity contribution is 9.10. The summed E-state index contributed by atoms with van der Waals surface area (Å²) in [6, 6.07) is 1.23. The number of hydrogen-bond donors (Lipinski definition) is 2. The van der Waals surface area contributed by atoms with E-state index in [1.165, 1.54) is 12.3 Å². The summed E-state index contributed by atoms with van der Waals surface area (Å²) in [5.41, 5.74) is 5.63. The van der Waals surface area contributed by atoms with E-state index < -0.39 is 10.0 Å². The molecule has 0 radical (unpaired) electrons. The quantitative estimate of drug-likeness (QED) is 0.853. The first-order valence-corrected chi connectivity index (χ1v) is 8.18. The molecule has 2 rings (SSSR count). The van der Waals surface area contributed by atoms with Gasteiger partial charge in [-0.1, -0.05) is 0 Å². The second-order valence-corrected chi connectivity index (χ2v) is 7.07. The lowest BCUT2D eigenvalue weighted by Crippen LogP contribution is -2.40. The molecule has 0 spiro atoms. The monoisotopic (exact) mass is 349 g/mol. The van der Waals surface area contributed by atoms with Crippen molar-refractivity contribution in [1.29, 1.82) is 0 Å². The van der Waals surface area contributed by atoms with Crippen LogP contribution < -0.4 is 10.5 Å². The molecule has 0 amide bonds. The Morgan fingerprint density at radius 3 is 2.95 bits per heavy atom. The van der Waals surface area contributed by atoms with Crippen LogP contribution in [0.15, 0.2) is 21.6 Å². The van der Waals surface area contributed by atoms with Crippen molar-refractivity contribution in [3.8, 4) is 0 Å². The summed E-state index contributed by atoms with van der Waals surface area (Å²) in [5.74, 6) is -0.0114. The number of nitrogens with zero attached hydrogens (tertiary/aromatic N) is 1. The van der Waals surface area contributed by atoms with Crippen LogP contribution >= 0.6 is 15.9 Å². The van der Waals surface area contributed by atoms with Crippen LogP contribution in [0.4, 0.5) is 5.82 Å². The summed E-state index contributed by atoms with van der Waals surface area (Å²) in [4.78, 5) is 3.83. The molecule has 0 aliphatic heterocycles. The van der Waals surface area contributed by atoms with Gasteiger partial charge in [0, 0.05) is 23.8 Å². The predicted molar refractivity (Wildman–Crippen MR) is 75.1 cm³/mol. The first-order valence-electron chi connectivity index (χ1n) is 5.90. The van der Waals surface area contributed by atoms with Gasteiger partial charge in [-0.15, -0.1) is 0 Å². The molecule has 19 heavy (non-hydrogen) atoms. The SMILES string of the molecule is COC1CCCC1NS(=O)(=O)c1cc(Br)cnc1N. The van der Waals surface area contributed by atoms with Crippen molar-refractivity contribution in [2.45, 2.75) is 36.3 Å². The fraction of sp³-hybridized carbons (Fsp3) is 0.545. The summed E-state index contributed by atoms with van der Waals surface area (Å²) in [5, 5.41) is 0. The molecule has 1 aromatic rings. The van der Waals surface area contributed by atoms with Gasteiger partial charge in [-0.3, -0.25) is 0 Å². The minimum Gasteiger partial charge on any atom is -0.383 e. The highest BCUT2D eigenvalue weighted by atomic mass is 79.9. The Morgan fingerprint density at radius 2 is 2.26 bits per heavy atom. The number of rotatable bonds is 4. The number of anilines is 1. The standard InChI is InChI=1S/C11H16BrN3O3S/c1-18-9-4-2-3-8(9)15-19(16,17)10-5-7(12)6-14-11(10)13/h5-6,8-9,15H,2-4H2,1H3,(H2,13,14). The van der Waals surface area contributed by atoms with Gasteiger partial charge in [-0.05, 0) is 41.3 Å². The highest BCUT2D eigenvalue weighted by Gasteiger charge is 2.32. The van der Waals surface area contributed by atoms with Gasteiger partial charge in [-0.25, -0.2) is 18.1 Å². The van der Waals surface area contributed by atoms with Gasteiger partial charge in [0.2, 0.25) is 10.0 Å². The molecule has 0 saturated heterocycles. The largest absolute Gasteiger partial charge is 0.383 e. The van der Waals surface area contributed by atoms with Crippen molar-refractivity contribution < 1.29 is 13.2 Å². The number of halogens is 1. The molecule has 6 nitrogen and oxygen atoms in total. The lowest BCUT2D eigenvalue weighted by Gasteiger charge is -2.20. The lowest BCUT2D eigenvalue weighted by molar-refractivity contribution is 0.0916. The summed E-state index contributed by atoms with van der Waals surface area (Å²) >= 11 is 3.19. The topological polar surface area (TPSA) is 94.3 Å². The third-order valence-electron chi connectivity index (χ3n) is 3.20. The summed E-state index contributed by atoms with van der Waals surface area (Å²) in [6.45, 7) is 0. The third-order valence-corrected chi connectivity index (χ3v) is 5.15. The zero-order valence-corrected chi connectivity index (χ0v) is 12.9. The zero-order valence-electron chi connectivity index (χ0n) is 10.5. The molecule has 1 saturated carbocycles. The first kappa shape index (κ1) is 14.7. The van der Waals surface area contributed by atoms with Crippen molar-refractivity contribution in [1.82, 2.24) is 9.71 Å². The van der Waals surface area contributed by atoms with Crippen LogP contribution in [0.25, 0.3) is 0 Å². The van der Waals surface area contributed by atoms with E-state index in [2.05, 4.69) is 25.6 Å². The molecular weight excluding hydrogens is 334 g/mol. The van der Waals surface area contributed by atoms with Gasteiger partial charge in [0.05, 0.1) is 6.10 Å². The van der Waals surface area contributed by atoms with Crippen molar-refractivity contribution in [2.75, 3.05) is 12.8 Å². The number of nitrogens with one attached hydrogen (secondary N) is 1. The lowest BCUT2D eigenvalue weighted by atomic mass is 10.2. The molecule has 106 valence electrons. The number of methoxy groups -OCH3 is 1. The van der Waals surface area contributed by atoms with Crippen molar-refractivity contribution in [2.24, 2.45) is 0 Å². The molecule has 0 aromatic carbocycles. The fourth-order valence-electron chi connectivity index (χ4n) is 2.25. The summed E-state index contributed by atoms with van der Waals surface area (Å²) in [7, 11) is -2.10. The Labute approximate surface area is 120 Å². The molecule has 2 unspecified atom stereocenters. The maximum absolute atomic E-state index is 12.3. The van der Waals surface area contributed by atoms with E-state index in [4.69, 9.17) is 10.5 Å². The number of sulfonamides is 1. The Bertz CT molecular complexity index is 564. The van der Waals surface area contributed by atoms with E-state index in [-0.39, 0.29) is 22.9 Å². The van der Waals surface area contributed by atoms with E-state index in [1.54, 1.807) is 7.11 Å². The Kier molecular flexibility index (Phi) is 4.44. The normalized spacial score (nSPS) is 23.7. The van der Waals surface area contributed by atoms with Crippen LogP contribution in [0, 0.1) is 0 Å². The molecule has 1 fully saturated rings. The van der Waals surface area contributed by atoms with Crippen LogP contribution in [0.1, 0.15) is 19.3 Å². The zero-order chi connectivity index (χ0) is 14.0. The third kappa shape index (κ3) is 3.25.